The van der Waals surface area contributed by atoms with E-state index in [0.29, 0.717) is 6.42 Å². The summed E-state index contributed by atoms with van der Waals surface area (Å²) in [6, 6.07) is 3.40. The van der Waals surface area contributed by atoms with Gasteiger partial charge in [0.25, 0.3) is 0 Å². The van der Waals surface area contributed by atoms with Crippen LogP contribution in [-0.2, 0) is 6.42 Å². The fraction of sp³-hybridized carbons (Fsp3) is 0.538. The van der Waals surface area contributed by atoms with Gasteiger partial charge < -0.3 is 0 Å². The molecule has 0 saturated heterocycles. The van der Waals surface area contributed by atoms with Gasteiger partial charge in [-0.1, -0.05) is 37.6 Å². The molecule has 0 radical (unpaired) electrons. The summed E-state index contributed by atoms with van der Waals surface area (Å²) in [5.74, 6) is 1.38. The van der Waals surface area contributed by atoms with E-state index in [0.717, 1.165) is 12.0 Å². The zero-order valence-electron chi connectivity index (χ0n) is 11.2. The van der Waals surface area contributed by atoms with E-state index in [1.54, 1.807) is 5.43 Å². The summed E-state index contributed by atoms with van der Waals surface area (Å²) in [4.78, 5) is 0. The molecule has 1 rings (SSSR count). The first-order valence-corrected chi connectivity index (χ1v) is 6.29. The Morgan fingerprint density at radius 3 is 1.81 bits per heavy atom. The molecule has 0 aliphatic carbocycles. The molecular formula is C13H16F6N2. The van der Waals surface area contributed by atoms with Gasteiger partial charge in [-0.2, -0.15) is 26.3 Å². The summed E-state index contributed by atoms with van der Waals surface area (Å²) >= 11 is 0. The zero-order valence-corrected chi connectivity index (χ0v) is 11.2. The number of hydrogen-bond acceptors (Lipinski definition) is 2. The van der Waals surface area contributed by atoms with Crippen molar-refractivity contribution in [3.8, 4) is 0 Å². The van der Waals surface area contributed by atoms with Gasteiger partial charge in [0.2, 0.25) is 0 Å². The second-order valence-electron chi connectivity index (χ2n) is 4.70. The fourth-order valence-electron chi connectivity index (χ4n) is 2.13. The fourth-order valence-corrected chi connectivity index (χ4v) is 2.13. The molecule has 120 valence electrons. The third-order valence-corrected chi connectivity index (χ3v) is 3.10. The minimum atomic E-state index is -5.45. The highest BCUT2D eigenvalue weighted by atomic mass is 19.4. The molecule has 0 amide bonds. The van der Waals surface area contributed by atoms with Crippen LogP contribution in [0.1, 0.15) is 30.5 Å². The normalized spacial score (nSPS) is 14.5. The van der Waals surface area contributed by atoms with Gasteiger partial charge in [0.05, 0.1) is 6.04 Å². The predicted molar refractivity (Wildman–Crippen MR) is 66.1 cm³/mol. The molecule has 1 atom stereocenters. The Bertz CT molecular complexity index is 423. The molecule has 0 aliphatic rings. The van der Waals surface area contributed by atoms with Crippen molar-refractivity contribution in [2.45, 2.75) is 38.2 Å². The Hall–Kier alpha value is -1.28. The van der Waals surface area contributed by atoms with Crippen molar-refractivity contribution < 1.29 is 26.3 Å². The molecule has 0 aromatic heterocycles. The minimum Gasteiger partial charge on any atom is -0.271 e. The maximum absolute atomic E-state index is 12.7. The lowest BCUT2D eigenvalue weighted by Gasteiger charge is -2.30. The van der Waals surface area contributed by atoms with E-state index < -0.39 is 24.3 Å². The van der Waals surface area contributed by atoms with Crippen LogP contribution < -0.4 is 11.3 Å². The van der Waals surface area contributed by atoms with Crippen molar-refractivity contribution in [1.82, 2.24) is 5.43 Å². The minimum absolute atomic E-state index is 0.156. The van der Waals surface area contributed by atoms with E-state index in [2.05, 4.69) is 0 Å². The highest BCUT2D eigenvalue weighted by Gasteiger charge is 2.60. The van der Waals surface area contributed by atoms with Gasteiger partial charge >= 0.3 is 12.4 Å². The van der Waals surface area contributed by atoms with E-state index in [1.165, 1.54) is 24.3 Å². The predicted octanol–water partition coefficient (Wildman–Crippen LogP) is 3.88. The summed E-state index contributed by atoms with van der Waals surface area (Å²) in [5, 5.41) is 0. The van der Waals surface area contributed by atoms with Crippen LogP contribution >= 0.6 is 0 Å². The Balaban J connectivity index is 3.14. The monoisotopic (exact) mass is 314 g/mol. The molecule has 0 bridgehead atoms. The molecule has 0 fully saturated rings. The van der Waals surface area contributed by atoms with E-state index in [-0.39, 0.29) is 5.56 Å². The molecule has 8 heteroatoms. The van der Waals surface area contributed by atoms with Crippen LogP contribution in [0.2, 0.25) is 0 Å². The number of halogens is 6. The number of nitrogens with one attached hydrogen (secondary N) is 1. The van der Waals surface area contributed by atoms with Crippen LogP contribution in [-0.4, -0.2) is 12.4 Å². The van der Waals surface area contributed by atoms with Crippen LogP contribution in [0.4, 0.5) is 26.3 Å². The Labute approximate surface area is 118 Å². The first-order valence-electron chi connectivity index (χ1n) is 6.29. The van der Waals surface area contributed by atoms with E-state index in [4.69, 9.17) is 5.84 Å². The van der Waals surface area contributed by atoms with Crippen LogP contribution in [0.25, 0.3) is 0 Å². The first-order chi connectivity index (χ1) is 9.61. The van der Waals surface area contributed by atoms with E-state index in [1.807, 2.05) is 6.92 Å². The van der Waals surface area contributed by atoms with Crippen LogP contribution in [0.15, 0.2) is 24.3 Å². The number of rotatable bonds is 5. The van der Waals surface area contributed by atoms with Crippen molar-refractivity contribution in [2.24, 2.45) is 11.8 Å². The molecule has 1 aromatic carbocycles. The van der Waals surface area contributed by atoms with Gasteiger partial charge in [-0.3, -0.25) is 11.3 Å². The number of alkyl halides is 6. The number of hydrogen-bond donors (Lipinski definition) is 2. The van der Waals surface area contributed by atoms with Gasteiger partial charge in [-0.25, -0.2) is 0 Å². The molecule has 1 unspecified atom stereocenters. The third-order valence-electron chi connectivity index (χ3n) is 3.10. The zero-order chi connectivity index (χ0) is 16.3. The lowest BCUT2D eigenvalue weighted by atomic mass is 9.91. The second-order valence-corrected chi connectivity index (χ2v) is 4.70. The molecule has 1 aromatic rings. The molecule has 0 saturated carbocycles. The third kappa shape index (κ3) is 4.60. The van der Waals surface area contributed by atoms with E-state index in [9.17, 15) is 26.3 Å². The molecule has 0 spiro atoms. The standard InChI is InChI=1S/C13H16F6N2/c1-2-3-8-4-6-9(7-5-8)10(21-20)11(12(14,15)16)13(17,18)19/h4-7,10-11,21H,2-3,20H2,1H3. The summed E-state index contributed by atoms with van der Waals surface area (Å²) in [6.07, 6.45) is -9.37. The van der Waals surface area contributed by atoms with Crippen molar-refractivity contribution >= 4 is 0 Å². The molecule has 3 N–H and O–H groups in total. The molecule has 0 heterocycles. The average Bonchev–Trinajstić information content (AvgIpc) is 2.34. The van der Waals surface area contributed by atoms with E-state index >= 15 is 0 Å². The second kappa shape index (κ2) is 6.65. The Kier molecular flexibility index (Phi) is 5.63. The number of benzene rings is 1. The lowest BCUT2D eigenvalue weighted by Crippen LogP contribution is -2.47. The summed E-state index contributed by atoms with van der Waals surface area (Å²) in [7, 11) is 0. The number of hydrazine groups is 1. The quantitative estimate of drug-likeness (QED) is 0.492. The largest absolute Gasteiger partial charge is 0.402 e. The number of aryl methyl sites for hydroxylation is 1. The topological polar surface area (TPSA) is 38.0 Å². The van der Waals surface area contributed by atoms with Gasteiger partial charge in [0.15, 0.2) is 5.92 Å². The van der Waals surface area contributed by atoms with Crippen LogP contribution in [0, 0.1) is 5.92 Å². The highest BCUT2D eigenvalue weighted by Crippen LogP contribution is 2.46. The lowest BCUT2D eigenvalue weighted by molar-refractivity contribution is -0.292. The smallest absolute Gasteiger partial charge is 0.271 e. The van der Waals surface area contributed by atoms with Crippen molar-refractivity contribution in [1.29, 1.82) is 0 Å². The molecular weight excluding hydrogens is 298 g/mol. The van der Waals surface area contributed by atoms with Gasteiger partial charge in [-0.05, 0) is 17.5 Å². The van der Waals surface area contributed by atoms with Crippen molar-refractivity contribution in [2.75, 3.05) is 0 Å². The average molecular weight is 314 g/mol. The highest BCUT2D eigenvalue weighted by molar-refractivity contribution is 5.26. The molecule has 2 nitrogen and oxygen atoms in total. The van der Waals surface area contributed by atoms with Crippen molar-refractivity contribution in [3.63, 3.8) is 0 Å². The Morgan fingerprint density at radius 1 is 1.00 bits per heavy atom. The van der Waals surface area contributed by atoms with Gasteiger partial charge in [0, 0.05) is 0 Å². The van der Waals surface area contributed by atoms with Crippen LogP contribution in [0.3, 0.4) is 0 Å². The number of nitrogens with two attached hydrogens (primary N) is 1. The summed E-state index contributed by atoms with van der Waals surface area (Å²) < 4.78 is 76.3. The van der Waals surface area contributed by atoms with Gasteiger partial charge in [0.1, 0.15) is 0 Å². The van der Waals surface area contributed by atoms with Crippen molar-refractivity contribution in [3.05, 3.63) is 35.4 Å². The Morgan fingerprint density at radius 2 is 1.48 bits per heavy atom. The molecule has 21 heavy (non-hydrogen) atoms. The van der Waals surface area contributed by atoms with Gasteiger partial charge in [-0.15, -0.1) is 0 Å². The SMILES string of the molecule is CCCc1ccc(C(NN)C(C(F)(F)F)C(F)(F)F)cc1. The maximum atomic E-state index is 12.7. The maximum Gasteiger partial charge on any atom is 0.402 e. The molecule has 0 aliphatic heterocycles. The van der Waals surface area contributed by atoms with Crippen LogP contribution in [0.5, 0.6) is 0 Å². The first kappa shape index (κ1) is 17.8. The summed E-state index contributed by atoms with van der Waals surface area (Å²) in [5.41, 5.74) is 2.33. The summed E-state index contributed by atoms with van der Waals surface area (Å²) in [6.45, 7) is 1.92.